The highest BCUT2D eigenvalue weighted by atomic mass is 19.4. The van der Waals surface area contributed by atoms with Crippen molar-refractivity contribution in [3.8, 4) is 0 Å². The Balaban J connectivity index is 0.000000921. The van der Waals surface area contributed by atoms with Crippen LogP contribution in [-0.2, 0) is 6.42 Å². The van der Waals surface area contributed by atoms with Crippen molar-refractivity contribution in [2.75, 3.05) is 5.73 Å². The maximum atomic E-state index is 12.0. The minimum atomic E-state index is -4.19. The van der Waals surface area contributed by atoms with Crippen molar-refractivity contribution in [3.05, 3.63) is 29.3 Å². The van der Waals surface area contributed by atoms with E-state index in [-0.39, 0.29) is 11.3 Å². The van der Waals surface area contributed by atoms with Gasteiger partial charge in [0.15, 0.2) is 0 Å². The molecule has 0 radical (unpaired) electrons. The second kappa shape index (κ2) is 5.63. The summed E-state index contributed by atoms with van der Waals surface area (Å²) in [5.74, 6) is 0. The van der Waals surface area contributed by atoms with E-state index in [0.29, 0.717) is 0 Å². The fourth-order valence-electron chi connectivity index (χ4n) is 1.10. The van der Waals surface area contributed by atoms with Crippen LogP contribution < -0.4 is 5.73 Å². The third kappa shape index (κ3) is 5.30. The van der Waals surface area contributed by atoms with Gasteiger partial charge in [-0.3, -0.25) is 0 Å². The van der Waals surface area contributed by atoms with Gasteiger partial charge in [-0.25, -0.2) is 0 Å². The Morgan fingerprint density at radius 1 is 1.20 bits per heavy atom. The SMILES string of the molecule is CC.Cc1ccc(N)c(CC(F)(F)F)c1. The lowest BCUT2D eigenvalue weighted by Crippen LogP contribution is -2.13. The van der Waals surface area contributed by atoms with Crippen LogP contribution in [0, 0.1) is 6.92 Å². The first-order valence-electron chi connectivity index (χ1n) is 4.80. The molecule has 4 heteroatoms. The van der Waals surface area contributed by atoms with E-state index in [1.807, 2.05) is 13.8 Å². The van der Waals surface area contributed by atoms with E-state index in [9.17, 15) is 13.2 Å². The van der Waals surface area contributed by atoms with E-state index >= 15 is 0 Å². The Bertz CT molecular complexity index is 305. The molecule has 1 nitrogen and oxygen atoms in total. The molecule has 0 heterocycles. The smallest absolute Gasteiger partial charge is 0.393 e. The molecule has 1 aromatic rings. The molecule has 15 heavy (non-hydrogen) atoms. The molecular weight excluding hydrogens is 203 g/mol. The Kier molecular flexibility index (Phi) is 5.19. The summed E-state index contributed by atoms with van der Waals surface area (Å²) in [5.41, 5.74) is 6.53. The minimum absolute atomic E-state index is 0.146. The lowest BCUT2D eigenvalue weighted by Gasteiger charge is -2.09. The molecule has 86 valence electrons. The number of hydrogen-bond acceptors (Lipinski definition) is 1. The largest absolute Gasteiger partial charge is 0.399 e. The first-order valence-corrected chi connectivity index (χ1v) is 4.80. The van der Waals surface area contributed by atoms with Crippen molar-refractivity contribution in [3.63, 3.8) is 0 Å². The van der Waals surface area contributed by atoms with Gasteiger partial charge in [-0.05, 0) is 18.6 Å². The topological polar surface area (TPSA) is 26.0 Å². The van der Waals surface area contributed by atoms with Crippen molar-refractivity contribution in [2.45, 2.75) is 33.4 Å². The highest BCUT2D eigenvalue weighted by Gasteiger charge is 2.28. The molecular formula is C11H16F3N. The van der Waals surface area contributed by atoms with Crippen molar-refractivity contribution in [2.24, 2.45) is 0 Å². The average molecular weight is 219 g/mol. The van der Waals surface area contributed by atoms with Crippen LogP contribution in [0.2, 0.25) is 0 Å². The van der Waals surface area contributed by atoms with E-state index in [1.165, 1.54) is 12.1 Å². The molecule has 2 N–H and O–H groups in total. The van der Waals surface area contributed by atoms with Crippen LogP contribution in [0.25, 0.3) is 0 Å². The zero-order valence-electron chi connectivity index (χ0n) is 9.15. The second-order valence-corrected chi connectivity index (χ2v) is 2.99. The summed E-state index contributed by atoms with van der Waals surface area (Å²) < 4.78 is 36.0. The first-order chi connectivity index (χ1) is 6.88. The molecule has 0 spiro atoms. The molecule has 0 atom stereocenters. The lowest BCUT2D eigenvalue weighted by molar-refractivity contribution is -0.127. The van der Waals surface area contributed by atoms with Gasteiger partial charge in [0.05, 0.1) is 6.42 Å². The molecule has 0 amide bonds. The standard InChI is InChI=1S/C9H10F3N.C2H6/c1-6-2-3-8(13)7(4-6)5-9(10,11)12;1-2/h2-4H,5,13H2,1H3;1-2H3. The third-order valence-electron chi connectivity index (χ3n) is 1.69. The summed E-state index contributed by atoms with van der Waals surface area (Å²) in [7, 11) is 0. The summed E-state index contributed by atoms with van der Waals surface area (Å²) in [6.45, 7) is 5.74. The van der Waals surface area contributed by atoms with Crippen molar-refractivity contribution >= 4 is 5.69 Å². The summed E-state index contributed by atoms with van der Waals surface area (Å²) >= 11 is 0. The van der Waals surface area contributed by atoms with Gasteiger partial charge in [0.2, 0.25) is 0 Å². The zero-order valence-corrected chi connectivity index (χ0v) is 9.15. The highest BCUT2D eigenvalue weighted by molar-refractivity contribution is 5.48. The number of anilines is 1. The predicted molar refractivity (Wildman–Crippen MR) is 56.7 cm³/mol. The molecule has 0 aliphatic carbocycles. The summed E-state index contributed by atoms with van der Waals surface area (Å²) in [5, 5.41) is 0. The van der Waals surface area contributed by atoms with E-state index in [1.54, 1.807) is 13.0 Å². The maximum absolute atomic E-state index is 12.0. The Morgan fingerprint density at radius 2 is 1.73 bits per heavy atom. The maximum Gasteiger partial charge on any atom is 0.393 e. The van der Waals surface area contributed by atoms with Crippen LogP contribution in [-0.4, -0.2) is 6.18 Å². The van der Waals surface area contributed by atoms with E-state index in [0.717, 1.165) is 5.56 Å². The van der Waals surface area contributed by atoms with Gasteiger partial charge in [-0.2, -0.15) is 13.2 Å². The number of nitrogen functional groups attached to an aromatic ring is 1. The van der Waals surface area contributed by atoms with Crippen molar-refractivity contribution in [1.82, 2.24) is 0 Å². The lowest BCUT2D eigenvalue weighted by atomic mass is 10.1. The van der Waals surface area contributed by atoms with Crippen LogP contribution in [0.5, 0.6) is 0 Å². The van der Waals surface area contributed by atoms with Crippen molar-refractivity contribution in [1.29, 1.82) is 0 Å². The molecule has 1 aromatic carbocycles. The van der Waals surface area contributed by atoms with E-state index < -0.39 is 12.6 Å². The molecule has 0 saturated carbocycles. The van der Waals surface area contributed by atoms with Gasteiger partial charge in [-0.15, -0.1) is 0 Å². The predicted octanol–water partition coefficient (Wildman–Crippen LogP) is 3.71. The van der Waals surface area contributed by atoms with Crippen LogP contribution >= 0.6 is 0 Å². The quantitative estimate of drug-likeness (QED) is 0.716. The van der Waals surface area contributed by atoms with Crippen LogP contribution in [0.15, 0.2) is 18.2 Å². The third-order valence-corrected chi connectivity index (χ3v) is 1.69. The summed E-state index contributed by atoms with van der Waals surface area (Å²) in [6, 6.07) is 4.65. The fourth-order valence-corrected chi connectivity index (χ4v) is 1.10. The van der Waals surface area contributed by atoms with Crippen LogP contribution in [0.4, 0.5) is 18.9 Å². The Hall–Kier alpha value is -1.19. The van der Waals surface area contributed by atoms with Gasteiger partial charge >= 0.3 is 6.18 Å². The average Bonchev–Trinajstić information content (AvgIpc) is 2.12. The summed E-state index contributed by atoms with van der Waals surface area (Å²) in [6.07, 6.45) is -5.15. The normalized spacial score (nSPS) is 10.5. The summed E-state index contributed by atoms with van der Waals surface area (Å²) in [4.78, 5) is 0. The monoisotopic (exact) mass is 219 g/mol. The number of halogens is 3. The van der Waals surface area contributed by atoms with Crippen LogP contribution in [0.1, 0.15) is 25.0 Å². The van der Waals surface area contributed by atoms with E-state index in [4.69, 9.17) is 5.73 Å². The van der Waals surface area contributed by atoms with Gasteiger partial charge in [0, 0.05) is 5.69 Å². The Labute approximate surface area is 88.1 Å². The fraction of sp³-hybridized carbons (Fsp3) is 0.455. The zero-order chi connectivity index (χ0) is 12.1. The minimum Gasteiger partial charge on any atom is -0.399 e. The molecule has 0 unspecified atom stereocenters. The molecule has 0 aliphatic rings. The Morgan fingerprint density at radius 3 is 2.20 bits per heavy atom. The highest BCUT2D eigenvalue weighted by Crippen LogP contribution is 2.25. The van der Waals surface area contributed by atoms with Gasteiger partial charge in [0.1, 0.15) is 0 Å². The van der Waals surface area contributed by atoms with Gasteiger partial charge < -0.3 is 5.73 Å². The number of benzene rings is 1. The molecule has 1 rings (SSSR count). The van der Waals surface area contributed by atoms with Gasteiger partial charge in [0.25, 0.3) is 0 Å². The molecule has 0 aromatic heterocycles. The van der Waals surface area contributed by atoms with Gasteiger partial charge in [-0.1, -0.05) is 31.5 Å². The second-order valence-electron chi connectivity index (χ2n) is 2.99. The molecule has 0 aliphatic heterocycles. The number of rotatable bonds is 1. The van der Waals surface area contributed by atoms with Crippen LogP contribution in [0.3, 0.4) is 0 Å². The molecule has 0 bridgehead atoms. The number of nitrogens with two attached hydrogens (primary N) is 1. The molecule has 0 saturated heterocycles. The number of hydrogen-bond donors (Lipinski definition) is 1. The van der Waals surface area contributed by atoms with Crippen molar-refractivity contribution < 1.29 is 13.2 Å². The first kappa shape index (κ1) is 13.8. The van der Waals surface area contributed by atoms with E-state index in [2.05, 4.69) is 0 Å². The molecule has 0 fully saturated rings. The number of aryl methyl sites for hydroxylation is 1. The number of alkyl halides is 3.